The maximum Gasteiger partial charge on any atom is 0.234 e. The summed E-state index contributed by atoms with van der Waals surface area (Å²) >= 11 is 0. The normalized spacial score (nSPS) is 20.4. The van der Waals surface area contributed by atoms with Crippen LogP contribution in [-0.2, 0) is 16.1 Å². The number of carbonyl (C=O) groups is 1. The van der Waals surface area contributed by atoms with Gasteiger partial charge in [-0.25, -0.2) is 0 Å². The van der Waals surface area contributed by atoms with Gasteiger partial charge in [-0.1, -0.05) is 48.5 Å². The van der Waals surface area contributed by atoms with Gasteiger partial charge in [0, 0.05) is 43.8 Å². The predicted molar refractivity (Wildman–Crippen MR) is 121 cm³/mol. The Balaban J connectivity index is 1.41. The minimum absolute atomic E-state index is 0.0486. The minimum atomic E-state index is -0.109. The van der Waals surface area contributed by atoms with Gasteiger partial charge in [0.15, 0.2) is 0 Å². The molecule has 1 N–H and O–H groups in total. The molecule has 0 spiro atoms. The zero-order valence-electron chi connectivity index (χ0n) is 18.5. The van der Waals surface area contributed by atoms with Gasteiger partial charge < -0.3 is 14.8 Å². The summed E-state index contributed by atoms with van der Waals surface area (Å²) in [6.07, 6.45) is -0.109. The van der Waals surface area contributed by atoms with Gasteiger partial charge in [0.1, 0.15) is 11.9 Å². The van der Waals surface area contributed by atoms with Crippen LogP contribution in [0.4, 0.5) is 0 Å². The van der Waals surface area contributed by atoms with Crippen LogP contribution in [-0.4, -0.2) is 67.2 Å². The molecule has 2 heterocycles. The van der Waals surface area contributed by atoms with Crippen molar-refractivity contribution in [2.24, 2.45) is 0 Å². The number of nitrogens with one attached hydrogen (secondary N) is 1. The van der Waals surface area contributed by atoms with Crippen LogP contribution < -0.4 is 10.1 Å². The minimum Gasteiger partial charge on any atom is -0.484 e. The number of morpholine rings is 1. The molecule has 0 saturated carbocycles. The molecular weight excluding hydrogens is 390 g/mol. The Bertz CT molecular complexity index is 865. The van der Waals surface area contributed by atoms with Crippen LogP contribution in [0.3, 0.4) is 0 Å². The van der Waals surface area contributed by atoms with Gasteiger partial charge in [0.05, 0.1) is 19.8 Å². The lowest BCUT2D eigenvalue weighted by atomic mass is 10.0. The van der Waals surface area contributed by atoms with E-state index in [2.05, 4.69) is 47.2 Å². The highest BCUT2D eigenvalue weighted by atomic mass is 16.5. The van der Waals surface area contributed by atoms with E-state index < -0.39 is 0 Å². The summed E-state index contributed by atoms with van der Waals surface area (Å²) in [6.45, 7) is 10.0. The molecule has 0 aliphatic carbocycles. The largest absolute Gasteiger partial charge is 0.484 e. The molecule has 4 rings (SSSR count). The first-order valence-electron chi connectivity index (χ1n) is 11.1. The highest BCUT2D eigenvalue weighted by molar-refractivity contribution is 5.78. The molecule has 166 valence electrons. The van der Waals surface area contributed by atoms with E-state index in [0.29, 0.717) is 26.2 Å². The molecule has 0 radical (unpaired) electrons. The summed E-state index contributed by atoms with van der Waals surface area (Å²) in [5, 5.41) is 3.16. The Morgan fingerprint density at radius 3 is 2.55 bits per heavy atom. The summed E-state index contributed by atoms with van der Waals surface area (Å²) in [7, 11) is 0. The third-order valence-electron chi connectivity index (χ3n) is 6.18. The number of hydrogen-bond donors (Lipinski definition) is 1. The molecule has 2 aliphatic heterocycles. The van der Waals surface area contributed by atoms with Crippen LogP contribution >= 0.6 is 0 Å². The molecule has 2 aromatic carbocycles. The van der Waals surface area contributed by atoms with Gasteiger partial charge in [0.25, 0.3) is 0 Å². The average Bonchev–Trinajstić information content (AvgIpc) is 2.98. The number of para-hydroxylation sites is 1. The highest BCUT2D eigenvalue weighted by Gasteiger charge is 2.30. The summed E-state index contributed by atoms with van der Waals surface area (Å²) in [5.74, 6) is 0.945. The number of hydrogen-bond acceptors (Lipinski definition) is 5. The molecule has 1 amide bonds. The van der Waals surface area contributed by atoms with Gasteiger partial charge in [0.2, 0.25) is 5.91 Å². The smallest absolute Gasteiger partial charge is 0.234 e. The Labute approximate surface area is 185 Å². The van der Waals surface area contributed by atoms with Crippen LogP contribution in [0, 0.1) is 0 Å². The summed E-state index contributed by atoms with van der Waals surface area (Å²) in [5.41, 5.74) is 2.14. The highest BCUT2D eigenvalue weighted by Crippen LogP contribution is 2.30. The maximum atomic E-state index is 12.9. The Morgan fingerprint density at radius 1 is 1.06 bits per heavy atom. The van der Waals surface area contributed by atoms with Crippen molar-refractivity contribution < 1.29 is 14.3 Å². The van der Waals surface area contributed by atoms with E-state index >= 15 is 0 Å². The number of nitrogens with zero attached hydrogens (tertiary/aromatic N) is 2. The number of rotatable bonds is 6. The standard InChI is InChI=1S/C25H33N3O3/c1-25(2,28-12-14-30-15-13-28)19-26-24(29)18-27-16-21-10-6-7-11-22(21)31-23(17-27)20-8-4-3-5-9-20/h3-11,23H,12-19H2,1-2H3,(H,26,29)/t23-/m0/s1. The fraction of sp³-hybridized carbons (Fsp3) is 0.480. The number of carbonyl (C=O) groups excluding carboxylic acids is 1. The topological polar surface area (TPSA) is 54.0 Å². The molecule has 31 heavy (non-hydrogen) atoms. The molecule has 2 aliphatic rings. The van der Waals surface area contributed by atoms with E-state index in [1.54, 1.807) is 0 Å². The van der Waals surface area contributed by atoms with Crippen molar-refractivity contribution in [2.45, 2.75) is 32.0 Å². The van der Waals surface area contributed by atoms with Gasteiger partial charge in [-0.3, -0.25) is 14.6 Å². The number of fused-ring (bicyclic) bond motifs is 1. The second-order valence-corrected chi connectivity index (χ2v) is 8.98. The fourth-order valence-corrected chi connectivity index (χ4v) is 4.30. The van der Waals surface area contributed by atoms with Crippen molar-refractivity contribution in [3.05, 3.63) is 65.7 Å². The molecule has 6 heteroatoms. The Kier molecular flexibility index (Phi) is 6.90. The van der Waals surface area contributed by atoms with E-state index in [-0.39, 0.29) is 17.6 Å². The van der Waals surface area contributed by atoms with Crippen LogP contribution in [0.2, 0.25) is 0 Å². The van der Waals surface area contributed by atoms with Crippen LogP contribution in [0.5, 0.6) is 5.75 Å². The van der Waals surface area contributed by atoms with Crippen molar-refractivity contribution in [3.8, 4) is 5.75 Å². The Hall–Kier alpha value is -2.41. The van der Waals surface area contributed by atoms with E-state index in [1.165, 1.54) is 0 Å². The second kappa shape index (κ2) is 9.81. The zero-order chi connectivity index (χ0) is 21.7. The van der Waals surface area contributed by atoms with Crippen molar-refractivity contribution in [3.63, 3.8) is 0 Å². The quantitative estimate of drug-likeness (QED) is 0.774. The summed E-state index contributed by atoms with van der Waals surface area (Å²) in [6, 6.07) is 18.3. The molecule has 1 saturated heterocycles. The van der Waals surface area contributed by atoms with Gasteiger partial charge in [-0.2, -0.15) is 0 Å². The molecule has 0 unspecified atom stereocenters. The van der Waals surface area contributed by atoms with E-state index in [0.717, 1.165) is 43.2 Å². The second-order valence-electron chi connectivity index (χ2n) is 8.98. The fourth-order valence-electron chi connectivity index (χ4n) is 4.30. The van der Waals surface area contributed by atoms with E-state index in [1.807, 2.05) is 36.4 Å². The molecule has 0 aromatic heterocycles. The Morgan fingerprint density at radius 2 is 1.77 bits per heavy atom. The summed E-state index contributed by atoms with van der Waals surface area (Å²) < 4.78 is 11.8. The third kappa shape index (κ3) is 5.64. The van der Waals surface area contributed by atoms with Crippen LogP contribution in [0.1, 0.15) is 31.1 Å². The molecule has 6 nitrogen and oxygen atoms in total. The van der Waals surface area contributed by atoms with Crippen LogP contribution in [0.15, 0.2) is 54.6 Å². The van der Waals surface area contributed by atoms with Crippen molar-refractivity contribution in [2.75, 3.05) is 45.9 Å². The maximum absolute atomic E-state index is 12.9. The lowest BCUT2D eigenvalue weighted by Gasteiger charge is -2.41. The van der Waals surface area contributed by atoms with Gasteiger partial charge >= 0.3 is 0 Å². The van der Waals surface area contributed by atoms with Gasteiger partial charge in [-0.05, 0) is 25.5 Å². The number of benzene rings is 2. The van der Waals surface area contributed by atoms with Crippen molar-refractivity contribution >= 4 is 5.91 Å². The zero-order valence-corrected chi connectivity index (χ0v) is 18.5. The van der Waals surface area contributed by atoms with Crippen molar-refractivity contribution in [1.29, 1.82) is 0 Å². The van der Waals surface area contributed by atoms with Crippen molar-refractivity contribution in [1.82, 2.24) is 15.1 Å². The monoisotopic (exact) mass is 423 g/mol. The lowest BCUT2D eigenvalue weighted by Crippen LogP contribution is -2.56. The lowest BCUT2D eigenvalue weighted by molar-refractivity contribution is -0.123. The molecule has 2 aromatic rings. The van der Waals surface area contributed by atoms with E-state index in [4.69, 9.17) is 9.47 Å². The average molecular weight is 424 g/mol. The first-order chi connectivity index (χ1) is 15.0. The third-order valence-corrected chi connectivity index (χ3v) is 6.18. The van der Waals surface area contributed by atoms with Gasteiger partial charge in [-0.15, -0.1) is 0 Å². The predicted octanol–water partition coefficient (Wildman–Crippen LogP) is 2.85. The first-order valence-corrected chi connectivity index (χ1v) is 11.1. The van der Waals surface area contributed by atoms with Crippen LogP contribution in [0.25, 0.3) is 0 Å². The molecule has 1 fully saturated rings. The SMILES string of the molecule is CC(C)(CNC(=O)CN1Cc2ccccc2O[C@H](c2ccccc2)C1)N1CCOCC1. The first kappa shape index (κ1) is 21.8. The molecule has 0 bridgehead atoms. The molecule has 1 atom stereocenters. The van der Waals surface area contributed by atoms with E-state index in [9.17, 15) is 4.79 Å². The number of ether oxygens (including phenoxy) is 2. The molecular formula is C25H33N3O3. The number of amides is 1. The summed E-state index contributed by atoms with van der Waals surface area (Å²) in [4.78, 5) is 17.4.